The summed E-state index contributed by atoms with van der Waals surface area (Å²) in [5, 5.41) is 3.16. The minimum absolute atomic E-state index is 0.313. The third-order valence-electron chi connectivity index (χ3n) is 3.50. The second-order valence-corrected chi connectivity index (χ2v) is 6.39. The molecule has 3 aromatic carbocycles. The fourth-order valence-electron chi connectivity index (χ4n) is 2.29. The molecule has 0 bridgehead atoms. The minimum Gasteiger partial charge on any atom is -0.465 e. The smallest absolute Gasteiger partial charge is 0.339 e. The van der Waals surface area contributed by atoms with E-state index in [4.69, 9.17) is 4.74 Å². The Bertz CT molecular complexity index is 867. The molecule has 0 aliphatic rings. The van der Waals surface area contributed by atoms with E-state index in [1.165, 1.54) is 19.2 Å². The predicted octanol–water partition coefficient (Wildman–Crippen LogP) is 5.51. The standard InChI is InChI=1S/C20H16FNO2S/c1-24-20(23)18-12-11-17(25-16-5-3-2-4-6-16)13-19(18)22-15-9-7-14(21)8-10-15/h2-13,22H,1H3. The Balaban J connectivity index is 1.92. The van der Waals surface area contributed by atoms with Gasteiger partial charge in [-0.25, -0.2) is 9.18 Å². The van der Waals surface area contributed by atoms with Gasteiger partial charge < -0.3 is 10.1 Å². The summed E-state index contributed by atoms with van der Waals surface area (Å²) in [6.07, 6.45) is 0. The van der Waals surface area contributed by atoms with Crippen molar-refractivity contribution >= 4 is 29.1 Å². The SMILES string of the molecule is COC(=O)c1ccc(Sc2ccccc2)cc1Nc1ccc(F)cc1. The third kappa shape index (κ3) is 4.39. The lowest BCUT2D eigenvalue weighted by atomic mass is 10.1. The molecule has 0 radical (unpaired) electrons. The molecule has 0 aliphatic carbocycles. The number of halogens is 1. The molecule has 0 amide bonds. The Kier molecular flexibility index (Phi) is 5.36. The van der Waals surface area contributed by atoms with Crippen molar-refractivity contribution in [2.45, 2.75) is 9.79 Å². The number of carbonyl (C=O) groups is 1. The molecule has 5 heteroatoms. The van der Waals surface area contributed by atoms with Crippen LogP contribution in [0.15, 0.2) is 82.6 Å². The van der Waals surface area contributed by atoms with Crippen molar-refractivity contribution in [3.63, 3.8) is 0 Å². The fraction of sp³-hybridized carbons (Fsp3) is 0.0500. The topological polar surface area (TPSA) is 38.3 Å². The van der Waals surface area contributed by atoms with Crippen molar-refractivity contribution in [1.82, 2.24) is 0 Å². The van der Waals surface area contributed by atoms with E-state index < -0.39 is 5.97 Å². The maximum atomic E-state index is 13.1. The van der Waals surface area contributed by atoms with Gasteiger partial charge >= 0.3 is 5.97 Å². The normalized spacial score (nSPS) is 10.3. The number of rotatable bonds is 5. The van der Waals surface area contributed by atoms with E-state index in [0.29, 0.717) is 16.9 Å². The van der Waals surface area contributed by atoms with Gasteiger partial charge in [-0.05, 0) is 54.6 Å². The molecule has 25 heavy (non-hydrogen) atoms. The maximum absolute atomic E-state index is 13.1. The molecule has 0 spiro atoms. The number of ether oxygens (including phenoxy) is 1. The maximum Gasteiger partial charge on any atom is 0.339 e. The summed E-state index contributed by atoms with van der Waals surface area (Å²) in [7, 11) is 1.34. The first kappa shape index (κ1) is 17.0. The van der Waals surface area contributed by atoms with Crippen LogP contribution in [0.4, 0.5) is 15.8 Å². The van der Waals surface area contributed by atoms with E-state index in [-0.39, 0.29) is 5.82 Å². The molecule has 3 nitrogen and oxygen atoms in total. The molecule has 0 aromatic heterocycles. The Hall–Kier alpha value is -2.79. The van der Waals surface area contributed by atoms with Crippen molar-refractivity contribution in [2.75, 3.05) is 12.4 Å². The van der Waals surface area contributed by atoms with Crippen molar-refractivity contribution < 1.29 is 13.9 Å². The van der Waals surface area contributed by atoms with Crippen LogP contribution in [0.1, 0.15) is 10.4 Å². The number of methoxy groups -OCH3 is 1. The zero-order valence-electron chi connectivity index (χ0n) is 13.5. The molecular formula is C20H16FNO2S. The fourth-order valence-corrected chi connectivity index (χ4v) is 3.17. The first-order chi connectivity index (χ1) is 12.2. The van der Waals surface area contributed by atoms with Crippen LogP contribution in [0.2, 0.25) is 0 Å². The monoisotopic (exact) mass is 353 g/mol. The number of carbonyl (C=O) groups excluding carboxylic acids is 1. The van der Waals surface area contributed by atoms with Gasteiger partial charge in [-0.2, -0.15) is 0 Å². The molecule has 0 atom stereocenters. The van der Waals surface area contributed by atoms with Crippen LogP contribution in [-0.4, -0.2) is 13.1 Å². The van der Waals surface area contributed by atoms with E-state index in [0.717, 1.165) is 9.79 Å². The van der Waals surface area contributed by atoms with E-state index in [1.807, 2.05) is 42.5 Å². The molecule has 0 saturated heterocycles. The van der Waals surface area contributed by atoms with Crippen LogP contribution < -0.4 is 5.32 Å². The summed E-state index contributed by atoms with van der Waals surface area (Å²) in [6.45, 7) is 0. The second kappa shape index (κ2) is 7.85. The molecule has 126 valence electrons. The van der Waals surface area contributed by atoms with Gasteiger partial charge in [0.1, 0.15) is 5.82 Å². The number of benzene rings is 3. The average molecular weight is 353 g/mol. The van der Waals surface area contributed by atoms with Crippen LogP contribution in [-0.2, 0) is 4.74 Å². The van der Waals surface area contributed by atoms with E-state index in [1.54, 1.807) is 30.0 Å². The number of esters is 1. The summed E-state index contributed by atoms with van der Waals surface area (Å²) in [6, 6.07) is 21.4. The predicted molar refractivity (Wildman–Crippen MR) is 98.0 cm³/mol. The lowest BCUT2D eigenvalue weighted by Gasteiger charge is -2.13. The Morgan fingerprint density at radius 2 is 1.68 bits per heavy atom. The highest BCUT2D eigenvalue weighted by Crippen LogP contribution is 2.32. The van der Waals surface area contributed by atoms with E-state index >= 15 is 0 Å². The summed E-state index contributed by atoms with van der Waals surface area (Å²) in [5.74, 6) is -0.743. The highest BCUT2D eigenvalue weighted by molar-refractivity contribution is 7.99. The van der Waals surface area contributed by atoms with Crippen molar-refractivity contribution in [2.24, 2.45) is 0 Å². The van der Waals surface area contributed by atoms with Crippen LogP contribution in [0.25, 0.3) is 0 Å². The van der Waals surface area contributed by atoms with Gasteiger partial charge in [0.25, 0.3) is 0 Å². The average Bonchev–Trinajstić information content (AvgIpc) is 2.64. The van der Waals surface area contributed by atoms with Gasteiger partial charge in [-0.3, -0.25) is 0 Å². The summed E-state index contributed by atoms with van der Waals surface area (Å²) < 4.78 is 17.9. The summed E-state index contributed by atoms with van der Waals surface area (Å²) >= 11 is 1.59. The van der Waals surface area contributed by atoms with Crippen molar-refractivity contribution in [3.05, 3.63) is 84.2 Å². The van der Waals surface area contributed by atoms with Gasteiger partial charge in [-0.15, -0.1) is 0 Å². The molecule has 1 N–H and O–H groups in total. The van der Waals surface area contributed by atoms with Crippen LogP contribution in [0.5, 0.6) is 0 Å². The van der Waals surface area contributed by atoms with Crippen LogP contribution in [0, 0.1) is 5.82 Å². The molecule has 0 heterocycles. The summed E-state index contributed by atoms with van der Waals surface area (Å²) in [5.41, 5.74) is 1.72. The molecule has 0 unspecified atom stereocenters. The highest BCUT2D eigenvalue weighted by atomic mass is 32.2. The quantitative estimate of drug-likeness (QED) is 0.614. The largest absolute Gasteiger partial charge is 0.465 e. The molecular weight excluding hydrogens is 337 g/mol. The van der Waals surface area contributed by atoms with E-state index in [9.17, 15) is 9.18 Å². The lowest BCUT2D eigenvalue weighted by molar-refractivity contribution is 0.0602. The van der Waals surface area contributed by atoms with Crippen molar-refractivity contribution in [3.8, 4) is 0 Å². The van der Waals surface area contributed by atoms with Gasteiger partial charge in [0.15, 0.2) is 0 Å². The zero-order valence-corrected chi connectivity index (χ0v) is 14.3. The second-order valence-electron chi connectivity index (χ2n) is 5.25. The first-order valence-corrected chi connectivity index (χ1v) is 8.45. The molecule has 3 aromatic rings. The van der Waals surface area contributed by atoms with Crippen molar-refractivity contribution in [1.29, 1.82) is 0 Å². The summed E-state index contributed by atoms with van der Waals surface area (Å²) in [4.78, 5) is 14.1. The van der Waals surface area contributed by atoms with Crippen LogP contribution >= 0.6 is 11.8 Å². The van der Waals surface area contributed by atoms with Gasteiger partial charge in [0, 0.05) is 15.5 Å². The van der Waals surface area contributed by atoms with Gasteiger partial charge in [0.2, 0.25) is 0 Å². The van der Waals surface area contributed by atoms with Gasteiger partial charge in [0.05, 0.1) is 18.4 Å². The molecule has 0 aliphatic heterocycles. The number of hydrogen-bond donors (Lipinski definition) is 1. The highest BCUT2D eigenvalue weighted by Gasteiger charge is 2.13. The minimum atomic E-state index is -0.430. The Morgan fingerprint density at radius 1 is 0.960 bits per heavy atom. The number of anilines is 2. The Morgan fingerprint density at radius 3 is 2.36 bits per heavy atom. The lowest BCUT2D eigenvalue weighted by Crippen LogP contribution is -2.05. The van der Waals surface area contributed by atoms with Gasteiger partial charge in [-0.1, -0.05) is 30.0 Å². The number of nitrogens with one attached hydrogen (secondary N) is 1. The number of hydrogen-bond acceptors (Lipinski definition) is 4. The molecule has 0 saturated carbocycles. The Labute approximate surface area is 149 Å². The van der Waals surface area contributed by atoms with Crippen LogP contribution in [0.3, 0.4) is 0 Å². The third-order valence-corrected chi connectivity index (χ3v) is 4.50. The first-order valence-electron chi connectivity index (χ1n) is 7.63. The molecule has 3 rings (SSSR count). The zero-order chi connectivity index (χ0) is 17.6. The van der Waals surface area contributed by atoms with E-state index in [2.05, 4.69) is 5.32 Å². The molecule has 0 fully saturated rings.